The van der Waals surface area contributed by atoms with E-state index < -0.39 is 0 Å². The molecule has 0 aliphatic carbocycles. The number of benzene rings is 2. The minimum Gasteiger partial charge on any atom is -0.349 e. The Hall–Kier alpha value is -2.31. The van der Waals surface area contributed by atoms with Crippen LogP contribution in [-0.4, -0.2) is 26.4 Å². The first-order valence-corrected chi connectivity index (χ1v) is 10.2. The minimum absolute atomic E-state index is 0.0232. The van der Waals surface area contributed by atoms with E-state index in [4.69, 9.17) is 11.6 Å². The van der Waals surface area contributed by atoms with Gasteiger partial charge < -0.3 is 5.32 Å². The van der Waals surface area contributed by atoms with E-state index in [1.54, 1.807) is 6.33 Å². The molecule has 0 saturated carbocycles. The molecule has 0 radical (unpaired) electrons. The summed E-state index contributed by atoms with van der Waals surface area (Å²) in [5.74, 6) is 0.245. The molecular formula is C20H21ClN4OS. The van der Waals surface area contributed by atoms with Crippen LogP contribution in [0, 0.1) is 0 Å². The fourth-order valence-corrected chi connectivity index (χ4v) is 3.71. The van der Waals surface area contributed by atoms with Crippen molar-refractivity contribution in [2.75, 3.05) is 5.75 Å². The zero-order chi connectivity index (χ0) is 19.1. The molecule has 7 heteroatoms. The number of rotatable bonds is 8. The molecule has 0 unspecified atom stereocenters. The molecule has 1 atom stereocenters. The lowest BCUT2D eigenvalue weighted by molar-refractivity contribution is -0.119. The largest absolute Gasteiger partial charge is 0.349 e. The minimum atomic E-state index is -0.0250. The first-order chi connectivity index (χ1) is 13.2. The van der Waals surface area contributed by atoms with Gasteiger partial charge in [0.15, 0.2) is 5.16 Å². The fraction of sp³-hybridized carbons (Fsp3) is 0.250. The molecule has 27 heavy (non-hydrogen) atoms. The van der Waals surface area contributed by atoms with Gasteiger partial charge in [0, 0.05) is 5.02 Å². The number of nitrogens with zero attached hydrogens (tertiary/aromatic N) is 3. The molecule has 3 aromatic rings. The van der Waals surface area contributed by atoms with E-state index >= 15 is 0 Å². The van der Waals surface area contributed by atoms with Crippen molar-refractivity contribution in [2.45, 2.75) is 31.0 Å². The average Bonchev–Trinajstić information content (AvgIpc) is 3.15. The van der Waals surface area contributed by atoms with Gasteiger partial charge in [-0.15, -0.1) is 10.2 Å². The maximum atomic E-state index is 12.5. The van der Waals surface area contributed by atoms with Crippen LogP contribution in [0.4, 0.5) is 0 Å². The second-order valence-electron chi connectivity index (χ2n) is 6.07. The smallest absolute Gasteiger partial charge is 0.230 e. The lowest BCUT2D eigenvalue weighted by Gasteiger charge is -2.18. The van der Waals surface area contributed by atoms with Crippen molar-refractivity contribution in [2.24, 2.45) is 0 Å². The molecule has 5 nitrogen and oxygen atoms in total. The second kappa shape index (κ2) is 9.58. The Morgan fingerprint density at radius 3 is 2.78 bits per heavy atom. The topological polar surface area (TPSA) is 59.8 Å². The van der Waals surface area contributed by atoms with Crippen LogP contribution in [-0.2, 0) is 4.79 Å². The fourth-order valence-electron chi connectivity index (χ4n) is 2.79. The van der Waals surface area contributed by atoms with Crippen LogP contribution in [0.25, 0.3) is 5.69 Å². The summed E-state index contributed by atoms with van der Waals surface area (Å²) >= 11 is 7.41. The first-order valence-electron chi connectivity index (χ1n) is 8.80. The van der Waals surface area contributed by atoms with E-state index in [9.17, 15) is 4.79 Å². The Morgan fingerprint density at radius 2 is 2.04 bits per heavy atom. The Labute approximate surface area is 168 Å². The Morgan fingerprint density at radius 1 is 1.22 bits per heavy atom. The van der Waals surface area contributed by atoms with Crippen LogP contribution in [0.15, 0.2) is 66.1 Å². The van der Waals surface area contributed by atoms with E-state index in [2.05, 4.69) is 22.4 Å². The third-order valence-corrected chi connectivity index (χ3v) is 5.23. The molecule has 2 aromatic carbocycles. The van der Waals surface area contributed by atoms with Gasteiger partial charge in [0.25, 0.3) is 0 Å². The number of amides is 1. The zero-order valence-electron chi connectivity index (χ0n) is 15.0. The molecule has 0 fully saturated rings. The van der Waals surface area contributed by atoms with Crippen LogP contribution in [0.3, 0.4) is 0 Å². The van der Waals surface area contributed by atoms with Crippen molar-refractivity contribution in [3.05, 3.63) is 71.5 Å². The predicted molar refractivity (Wildman–Crippen MR) is 109 cm³/mol. The van der Waals surface area contributed by atoms with E-state index in [1.807, 2.05) is 59.2 Å². The summed E-state index contributed by atoms with van der Waals surface area (Å²) in [6.45, 7) is 2.12. The number of carbonyl (C=O) groups excluding carboxylic acids is 1. The van der Waals surface area contributed by atoms with Gasteiger partial charge in [-0.25, -0.2) is 0 Å². The zero-order valence-corrected chi connectivity index (χ0v) is 16.6. The van der Waals surface area contributed by atoms with Gasteiger partial charge in [-0.2, -0.15) is 0 Å². The summed E-state index contributed by atoms with van der Waals surface area (Å²) < 4.78 is 1.82. The van der Waals surface area contributed by atoms with E-state index in [1.165, 1.54) is 11.8 Å². The molecule has 1 amide bonds. The van der Waals surface area contributed by atoms with E-state index in [0.29, 0.717) is 10.2 Å². The van der Waals surface area contributed by atoms with Gasteiger partial charge in [-0.05, 0) is 30.2 Å². The lowest BCUT2D eigenvalue weighted by atomic mass is 10.0. The molecule has 0 aliphatic rings. The van der Waals surface area contributed by atoms with Crippen LogP contribution in [0.1, 0.15) is 31.4 Å². The Balaban J connectivity index is 1.63. The summed E-state index contributed by atoms with van der Waals surface area (Å²) in [4.78, 5) is 12.5. The third-order valence-electron chi connectivity index (χ3n) is 4.05. The summed E-state index contributed by atoms with van der Waals surface area (Å²) in [6, 6.07) is 17.5. The van der Waals surface area contributed by atoms with Crippen molar-refractivity contribution >= 4 is 29.3 Å². The van der Waals surface area contributed by atoms with Crippen molar-refractivity contribution < 1.29 is 4.79 Å². The molecular weight excluding hydrogens is 380 g/mol. The Bertz CT molecular complexity index is 884. The lowest BCUT2D eigenvalue weighted by Crippen LogP contribution is -2.30. The standard InChI is InChI=1S/C20H21ClN4OS/c1-2-7-18(15-8-4-3-5-9-15)23-19(26)13-27-20-24-22-14-25(20)17-11-6-10-16(21)12-17/h3-6,8-12,14,18H,2,7,13H2,1H3,(H,23,26)/t18-/m1/s1. The number of hydrogen-bond acceptors (Lipinski definition) is 4. The van der Waals surface area contributed by atoms with Crippen molar-refractivity contribution in [3.8, 4) is 5.69 Å². The molecule has 0 saturated heterocycles. The van der Waals surface area contributed by atoms with Crippen LogP contribution < -0.4 is 5.32 Å². The molecule has 1 N–H and O–H groups in total. The first kappa shape index (κ1) is 19.5. The summed E-state index contributed by atoms with van der Waals surface area (Å²) in [6.07, 6.45) is 3.52. The van der Waals surface area contributed by atoms with Crippen LogP contribution in [0.2, 0.25) is 5.02 Å². The number of hydrogen-bond donors (Lipinski definition) is 1. The molecule has 1 heterocycles. The second-order valence-corrected chi connectivity index (χ2v) is 7.45. The number of thioether (sulfide) groups is 1. The summed E-state index contributed by atoms with van der Waals surface area (Å²) in [7, 11) is 0. The number of aromatic nitrogens is 3. The highest BCUT2D eigenvalue weighted by atomic mass is 35.5. The molecule has 3 rings (SSSR count). The molecule has 1 aromatic heterocycles. The average molecular weight is 401 g/mol. The normalized spacial score (nSPS) is 11.9. The molecule has 0 bridgehead atoms. The Kier molecular flexibility index (Phi) is 6.90. The van der Waals surface area contributed by atoms with Crippen LogP contribution in [0.5, 0.6) is 0 Å². The number of halogens is 1. The van der Waals surface area contributed by atoms with E-state index in [-0.39, 0.29) is 17.7 Å². The van der Waals surface area contributed by atoms with Gasteiger partial charge in [-0.3, -0.25) is 9.36 Å². The van der Waals surface area contributed by atoms with Gasteiger partial charge in [-0.1, -0.05) is 73.1 Å². The molecule has 140 valence electrons. The third kappa shape index (κ3) is 5.34. The maximum absolute atomic E-state index is 12.5. The van der Waals surface area contributed by atoms with Gasteiger partial charge in [0.05, 0.1) is 17.5 Å². The van der Waals surface area contributed by atoms with Gasteiger partial charge in [0.1, 0.15) is 6.33 Å². The van der Waals surface area contributed by atoms with Crippen molar-refractivity contribution in [1.29, 1.82) is 0 Å². The van der Waals surface area contributed by atoms with Crippen LogP contribution >= 0.6 is 23.4 Å². The summed E-state index contributed by atoms with van der Waals surface area (Å²) in [5.41, 5.74) is 1.99. The predicted octanol–water partition coefficient (Wildman–Crippen LogP) is 4.67. The number of nitrogens with one attached hydrogen (secondary N) is 1. The summed E-state index contributed by atoms with van der Waals surface area (Å²) in [5, 5.41) is 12.5. The monoisotopic (exact) mass is 400 g/mol. The number of carbonyl (C=O) groups is 1. The van der Waals surface area contributed by atoms with Crippen molar-refractivity contribution in [3.63, 3.8) is 0 Å². The van der Waals surface area contributed by atoms with E-state index in [0.717, 1.165) is 24.1 Å². The molecule has 0 aliphatic heterocycles. The molecule has 0 spiro atoms. The van der Waals surface area contributed by atoms with Crippen molar-refractivity contribution in [1.82, 2.24) is 20.1 Å². The highest BCUT2D eigenvalue weighted by Gasteiger charge is 2.15. The highest BCUT2D eigenvalue weighted by molar-refractivity contribution is 7.99. The van der Waals surface area contributed by atoms with Gasteiger partial charge in [0.2, 0.25) is 5.91 Å². The quantitative estimate of drug-likeness (QED) is 0.558. The highest BCUT2D eigenvalue weighted by Crippen LogP contribution is 2.22. The van der Waals surface area contributed by atoms with Gasteiger partial charge >= 0.3 is 0 Å². The SMILES string of the molecule is CCC[C@@H](NC(=O)CSc1nncn1-c1cccc(Cl)c1)c1ccccc1. The maximum Gasteiger partial charge on any atom is 0.230 e.